The van der Waals surface area contributed by atoms with Gasteiger partial charge in [0.25, 0.3) is 0 Å². The molecule has 0 aromatic rings. The molecular weight excluding hydrogens is 228 g/mol. The first-order valence-corrected chi connectivity index (χ1v) is 7.01. The molecular formula is C14H26N2O2. The number of amides is 1. The van der Waals surface area contributed by atoms with Crippen molar-refractivity contribution in [2.24, 2.45) is 11.8 Å². The summed E-state index contributed by atoms with van der Waals surface area (Å²) in [7, 11) is 0. The minimum Gasteiger partial charge on any atom is -0.355 e. The second-order valence-electron chi connectivity index (χ2n) is 5.66. The minimum atomic E-state index is -0.0789. The molecule has 0 aromatic heterocycles. The van der Waals surface area contributed by atoms with Gasteiger partial charge in [0.2, 0.25) is 5.91 Å². The molecule has 1 aliphatic rings. The molecule has 1 saturated heterocycles. The lowest BCUT2D eigenvalue weighted by atomic mass is 9.97. The lowest BCUT2D eigenvalue weighted by Crippen LogP contribution is -2.48. The van der Waals surface area contributed by atoms with Crippen LogP contribution in [-0.4, -0.2) is 42.8 Å². The van der Waals surface area contributed by atoms with Crippen LogP contribution in [0.1, 0.15) is 40.0 Å². The van der Waals surface area contributed by atoms with Crippen LogP contribution in [0.2, 0.25) is 0 Å². The zero-order valence-corrected chi connectivity index (χ0v) is 11.8. The van der Waals surface area contributed by atoms with Gasteiger partial charge in [0, 0.05) is 12.5 Å². The highest BCUT2D eigenvalue weighted by Crippen LogP contribution is 2.17. The Kier molecular flexibility index (Phi) is 6.33. The van der Waals surface area contributed by atoms with E-state index in [-0.39, 0.29) is 17.9 Å². The van der Waals surface area contributed by atoms with Gasteiger partial charge in [-0.2, -0.15) is 0 Å². The summed E-state index contributed by atoms with van der Waals surface area (Å²) in [6.07, 6.45) is 3.83. The predicted molar refractivity (Wildman–Crippen MR) is 72.3 cm³/mol. The molecule has 0 spiro atoms. The Bertz CT molecular complexity index is 271. The van der Waals surface area contributed by atoms with Gasteiger partial charge in [-0.25, -0.2) is 0 Å². The third-order valence-corrected chi connectivity index (χ3v) is 3.71. The Labute approximate surface area is 110 Å². The SMILES string of the molecule is CC(C)CCNC(=O)C(C)N1CCC(C=O)CC1. The van der Waals surface area contributed by atoms with Crippen LogP contribution < -0.4 is 5.32 Å². The van der Waals surface area contributed by atoms with E-state index in [4.69, 9.17) is 0 Å². The van der Waals surface area contributed by atoms with Crippen molar-refractivity contribution in [2.45, 2.75) is 46.1 Å². The van der Waals surface area contributed by atoms with Crippen LogP contribution >= 0.6 is 0 Å². The number of piperidine rings is 1. The molecule has 0 aromatic carbocycles. The number of hydrogen-bond donors (Lipinski definition) is 1. The maximum atomic E-state index is 12.0. The van der Waals surface area contributed by atoms with Crippen LogP contribution in [0, 0.1) is 11.8 Å². The summed E-state index contributed by atoms with van der Waals surface area (Å²) in [6, 6.07) is -0.0789. The highest BCUT2D eigenvalue weighted by molar-refractivity contribution is 5.81. The van der Waals surface area contributed by atoms with Gasteiger partial charge in [-0.3, -0.25) is 9.69 Å². The van der Waals surface area contributed by atoms with E-state index < -0.39 is 0 Å². The zero-order valence-electron chi connectivity index (χ0n) is 11.8. The van der Waals surface area contributed by atoms with E-state index in [1.807, 2.05) is 6.92 Å². The van der Waals surface area contributed by atoms with E-state index in [1.165, 1.54) is 0 Å². The van der Waals surface area contributed by atoms with Gasteiger partial charge in [-0.15, -0.1) is 0 Å². The fourth-order valence-electron chi connectivity index (χ4n) is 2.24. The summed E-state index contributed by atoms with van der Waals surface area (Å²) in [5.41, 5.74) is 0. The van der Waals surface area contributed by atoms with E-state index in [1.54, 1.807) is 0 Å². The molecule has 1 fully saturated rings. The number of aldehydes is 1. The number of rotatable bonds is 6. The second kappa shape index (κ2) is 7.52. The molecule has 0 bridgehead atoms. The van der Waals surface area contributed by atoms with Gasteiger partial charge in [0.15, 0.2) is 0 Å². The summed E-state index contributed by atoms with van der Waals surface area (Å²) < 4.78 is 0. The number of likely N-dealkylation sites (tertiary alicyclic amines) is 1. The molecule has 104 valence electrons. The van der Waals surface area contributed by atoms with Crippen molar-refractivity contribution in [1.29, 1.82) is 0 Å². The van der Waals surface area contributed by atoms with Gasteiger partial charge >= 0.3 is 0 Å². The second-order valence-corrected chi connectivity index (χ2v) is 5.66. The van der Waals surface area contributed by atoms with Gasteiger partial charge in [0.1, 0.15) is 6.29 Å². The largest absolute Gasteiger partial charge is 0.355 e. The lowest BCUT2D eigenvalue weighted by Gasteiger charge is -2.33. The summed E-state index contributed by atoms with van der Waals surface area (Å²) in [4.78, 5) is 24.8. The number of nitrogens with one attached hydrogen (secondary N) is 1. The molecule has 1 aliphatic heterocycles. The summed E-state index contributed by atoms with van der Waals surface area (Å²) in [6.45, 7) is 8.71. The standard InChI is InChI=1S/C14H26N2O2/c1-11(2)4-7-15-14(18)12(3)16-8-5-13(10-17)6-9-16/h10-13H,4-9H2,1-3H3,(H,15,18). The Morgan fingerprint density at radius 1 is 1.33 bits per heavy atom. The highest BCUT2D eigenvalue weighted by atomic mass is 16.2. The maximum absolute atomic E-state index is 12.0. The van der Waals surface area contributed by atoms with Crippen LogP contribution in [0.15, 0.2) is 0 Å². The van der Waals surface area contributed by atoms with E-state index in [2.05, 4.69) is 24.1 Å². The first kappa shape index (κ1) is 15.2. The third-order valence-electron chi connectivity index (χ3n) is 3.71. The minimum absolute atomic E-state index is 0.0789. The van der Waals surface area contributed by atoms with E-state index >= 15 is 0 Å². The molecule has 1 unspecified atom stereocenters. The molecule has 4 heteroatoms. The summed E-state index contributed by atoms with van der Waals surface area (Å²) >= 11 is 0. The molecule has 1 atom stereocenters. The zero-order chi connectivity index (χ0) is 13.5. The molecule has 4 nitrogen and oxygen atoms in total. The predicted octanol–water partition coefficient (Wildman–Crippen LogP) is 1.45. The molecule has 0 saturated carbocycles. The van der Waals surface area contributed by atoms with Gasteiger partial charge in [-0.05, 0) is 45.2 Å². The van der Waals surface area contributed by atoms with Crippen LogP contribution in [0.5, 0.6) is 0 Å². The quantitative estimate of drug-likeness (QED) is 0.730. The Morgan fingerprint density at radius 2 is 1.94 bits per heavy atom. The van der Waals surface area contributed by atoms with E-state index in [0.29, 0.717) is 5.92 Å². The van der Waals surface area contributed by atoms with Crippen LogP contribution in [-0.2, 0) is 9.59 Å². The number of nitrogens with zero attached hydrogens (tertiary/aromatic N) is 1. The molecule has 18 heavy (non-hydrogen) atoms. The van der Waals surface area contributed by atoms with Crippen molar-refractivity contribution >= 4 is 12.2 Å². The average molecular weight is 254 g/mol. The molecule has 0 aliphatic carbocycles. The summed E-state index contributed by atoms with van der Waals surface area (Å²) in [5.74, 6) is 0.918. The Balaban J connectivity index is 2.28. The van der Waals surface area contributed by atoms with Crippen molar-refractivity contribution in [3.8, 4) is 0 Å². The van der Waals surface area contributed by atoms with E-state index in [0.717, 1.165) is 45.2 Å². The first-order valence-electron chi connectivity index (χ1n) is 7.01. The fourth-order valence-corrected chi connectivity index (χ4v) is 2.24. The summed E-state index contributed by atoms with van der Waals surface area (Å²) in [5, 5.41) is 2.99. The smallest absolute Gasteiger partial charge is 0.237 e. The van der Waals surface area contributed by atoms with Crippen molar-refractivity contribution in [3.05, 3.63) is 0 Å². The lowest BCUT2D eigenvalue weighted by molar-refractivity contribution is -0.126. The number of carbonyl (C=O) groups excluding carboxylic acids is 2. The first-order chi connectivity index (χ1) is 8.54. The van der Waals surface area contributed by atoms with Crippen molar-refractivity contribution in [2.75, 3.05) is 19.6 Å². The molecule has 1 rings (SSSR count). The monoisotopic (exact) mass is 254 g/mol. The third kappa shape index (κ3) is 4.77. The Morgan fingerprint density at radius 3 is 2.44 bits per heavy atom. The van der Waals surface area contributed by atoms with Gasteiger partial charge < -0.3 is 10.1 Å². The molecule has 1 N–H and O–H groups in total. The molecule has 1 heterocycles. The number of hydrogen-bond acceptors (Lipinski definition) is 3. The molecule has 1 amide bonds. The number of carbonyl (C=O) groups is 2. The normalized spacial score (nSPS) is 19.8. The highest BCUT2D eigenvalue weighted by Gasteiger charge is 2.25. The van der Waals surface area contributed by atoms with Crippen molar-refractivity contribution < 1.29 is 9.59 Å². The Hall–Kier alpha value is -0.900. The average Bonchev–Trinajstić information content (AvgIpc) is 2.37. The van der Waals surface area contributed by atoms with Crippen LogP contribution in [0.4, 0.5) is 0 Å². The van der Waals surface area contributed by atoms with Gasteiger partial charge in [-0.1, -0.05) is 13.8 Å². The maximum Gasteiger partial charge on any atom is 0.237 e. The van der Waals surface area contributed by atoms with Crippen LogP contribution in [0.3, 0.4) is 0 Å². The van der Waals surface area contributed by atoms with Crippen molar-refractivity contribution in [1.82, 2.24) is 10.2 Å². The van der Waals surface area contributed by atoms with Gasteiger partial charge in [0.05, 0.1) is 6.04 Å². The van der Waals surface area contributed by atoms with Crippen molar-refractivity contribution in [3.63, 3.8) is 0 Å². The topological polar surface area (TPSA) is 49.4 Å². The van der Waals surface area contributed by atoms with Crippen LogP contribution in [0.25, 0.3) is 0 Å². The van der Waals surface area contributed by atoms with E-state index in [9.17, 15) is 9.59 Å². The fraction of sp³-hybridized carbons (Fsp3) is 0.857. The molecule has 0 radical (unpaired) electrons.